The number of aromatic nitrogens is 2. The third kappa shape index (κ3) is 5.94. The van der Waals surface area contributed by atoms with Gasteiger partial charge >= 0.3 is 5.97 Å². The summed E-state index contributed by atoms with van der Waals surface area (Å²) in [5.74, 6) is -0.367. The third-order valence-corrected chi connectivity index (χ3v) is 4.68. The molecule has 2 N–H and O–H groups in total. The summed E-state index contributed by atoms with van der Waals surface area (Å²) in [4.78, 5) is 23.3. The Morgan fingerprint density at radius 2 is 2.00 bits per heavy atom. The average molecular weight is 407 g/mol. The topological polar surface area (TPSA) is 93.5 Å². The molecule has 0 unspecified atom stereocenters. The Morgan fingerprint density at radius 3 is 2.73 bits per heavy atom. The van der Waals surface area contributed by atoms with Crippen LogP contribution >= 0.6 is 0 Å². The maximum absolute atomic E-state index is 12.3. The highest BCUT2D eigenvalue weighted by atomic mass is 16.5. The van der Waals surface area contributed by atoms with Crippen LogP contribution in [-0.2, 0) is 17.8 Å². The molecule has 0 spiro atoms. The quantitative estimate of drug-likeness (QED) is 0.504. The molecule has 156 valence electrons. The molecule has 2 aromatic carbocycles. The molecule has 0 saturated carbocycles. The van der Waals surface area contributed by atoms with Crippen LogP contribution in [0.2, 0.25) is 0 Å². The molecule has 1 amide bonds. The molecule has 0 aliphatic rings. The van der Waals surface area contributed by atoms with Gasteiger partial charge in [-0.2, -0.15) is 5.10 Å². The zero-order chi connectivity index (χ0) is 21.3. The molecule has 0 aliphatic heterocycles. The molecular weight excluding hydrogens is 382 g/mol. The number of carboxylic acid groups (broad SMARTS) is 1. The summed E-state index contributed by atoms with van der Waals surface area (Å²) >= 11 is 0. The van der Waals surface area contributed by atoms with Crippen molar-refractivity contribution in [2.75, 3.05) is 13.2 Å². The fourth-order valence-electron chi connectivity index (χ4n) is 3.11. The Bertz CT molecular complexity index is 999. The number of nitrogens with one attached hydrogen (secondary N) is 1. The van der Waals surface area contributed by atoms with Crippen molar-refractivity contribution in [2.45, 2.75) is 26.3 Å². The number of carboxylic acids is 1. The zero-order valence-corrected chi connectivity index (χ0v) is 16.9. The number of hydrogen-bond acceptors (Lipinski definition) is 4. The Hall–Kier alpha value is -3.61. The van der Waals surface area contributed by atoms with Crippen LogP contribution in [0.4, 0.5) is 0 Å². The number of aryl methyl sites for hydroxylation is 2. The number of ether oxygens (including phenoxy) is 1. The molecule has 7 nitrogen and oxygen atoms in total. The van der Waals surface area contributed by atoms with Gasteiger partial charge in [0.25, 0.3) is 5.91 Å². The molecule has 0 saturated heterocycles. The second kappa shape index (κ2) is 10.2. The number of carbonyl (C=O) groups is 2. The fraction of sp³-hybridized carbons (Fsp3) is 0.261. The van der Waals surface area contributed by atoms with Crippen LogP contribution in [0, 0.1) is 6.92 Å². The van der Waals surface area contributed by atoms with Gasteiger partial charge in [0.2, 0.25) is 0 Å². The lowest BCUT2D eigenvalue weighted by molar-refractivity contribution is -0.136. The van der Waals surface area contributed by atoms with Crippen molar-refractivity contribution in [3.8, 4) is 5.75 Å². The first kappa shape index (κ1) is 21.1. The highest BCUT2D eigenvalue weighted by Gasteiger charge is 2.10. The first-order chi connectivity index (χ1) is 14.5. The fourth-order valence-corrected chi connectivity index (χ4v) is 3.11. The summed E-state index contributed by atoms with van der Waals surface area (Å²) in [6.45, 7) is 3.11. The van der Waals surface area contributed by atoms with E-state index in [1.54, 1.807) is 16.9 Å². The number of benzene rings is 2. The SMILES string of the molecule is Cc1ccccc1C(=O)NCCOc1cc(Cn2cccn2)ccc1CCC(=O)O. The summed E-state index contributed by atoms with van der Waals surface area (Å²) in [5, 5.41) is 16.1. The predicted molar refractivity (Wildman–Crippen MR) is 113 cm³/mol. The van der Waals surface area contributed by atoms with Crippen molar-refractivity contribution in [1.82, 2.24) is 15.1 Å². The number of aliphatic carboxylic acids is 1. The van der Waals surface area contributed by atoms with E-state index in [2.05, 4.69) is 10.4 Å². The highest BCUT2D eigenvalue weighted by molar-refractivity contribution is 5.95. The largest absolute Gasteiger partial charge is 0.491 e. The van der Waals surface area contributed by atoms with Crippen LogP contribution in [-0.4, -0.2) is 39.9 Å². The maximum atomic E-state index is 12.3. The van der Waals surface area contributed by atoms with Crippen LogP contribution in [0.15, 0.2) is 60.9 Å². The van der Waals surface area contributed by atoms with E-state index in [0.29, 0.717) is 30.8 Å². The Morgan fingerprint density at radius 1 is 1.17 bits per heavy atom. The Kier molecular flexibility index (Phi) is 7.21. The van der Waals surface area contributed by atoms with Gasteiger partial charge in [0, 0.05) is 24.4 Å². The van der Waals surface area contributed by atoms with Gasteiger partial charge in [-0.1, -0.05) is 30.3 Å². The van der Waals surface area contributed by atoms with Crippen molar-refractivity contribution in [2.24, 2.45) is 0 Å². The first-order valence-corrected chi connectivity index (χ1v) is 9.80. The summed E-state index contributed by atoms with van der Waals surface area (Å²) in [7, 11) is 0. The third-order valence-electron chi connectivity index (χ3n) is 4.68. The summed E-state index contributed by atoms with van der Waals surface area (Å²) < 4.78 is 7.71. The van der Waals surface area contributed by atoms with Gasteiger partial charge in [0.15, 0.2) is 0 Å². The minimum absolute atomic E-state index is 0.0267. The van der Waals surface area contributed by atoms with Crippen LogP contribution < -0.4 is 10.1 Å². The number of rotatable bonds is 10. The van der Waals surface area contributed by atoms with Crippen LogP contribution in [0.5, 0.6) is 5.75 Å². The standard InChI is InChI=1S/C23H25N3O4/c1-17-5-2-3-6-20(17)23(29)24-12-14-30-21-15-18(16-26-13-4-11-25-26)7-8-19(21)9-10-22(27)28/h2-8,11,13,15H,9-10,12,14,16H2,1H3,(H,24,29)(H,27,28). The molecule has 0 radical (unpaired) electrons. The van der Waals surface area contributed by atoms with Gasteiger partial charge in [-0.25, -0.2) is 0 Å². The van der Waals surface area contributed by atoms with Crippen molar-refractivity contribution in [1.29, 1.82) is 0 Å². The molecule has 3 rings (SSSR count). The molecule has 1 aromatic heterocycles. The van der Waals surface area contributed by atoms with Gasteiger partial charge in [0.05, 0.1) is 13.1 Å². The normalized spacial score (nSPS) is 10.6. The lowest BCUT2D eigenvalue weighted by Crippen LogP contribution is -2.28. The van der Waals surface area contributed by atoms with Crippen LogP contribution in [0.1, 0.15) is 33.5 Å². The highest BCUT2D eigenvalue weighted by Crippen LogP contribution is 2.23. The first-order valence-electron chi connectivity index (χ1n) is 9.80. The van der Waals surface area contributed by atoms with Gasteiger partial charge in [-0.15, -0.1) is 0 Å². The minimum Gasteiger partial charge on any atom is -0.491 e. The number of hydrogen-bond donors (Lipinski definition) is 2. The van der Waals surface area contributed by atoms with Gasteiger partial charge in [-0.3, -0.25) is 14.3 Å². The molecule has 30 heavy (non-hydrogen) atoms. The summed E-state index contributed by atoms with van der Waals surface area (Å²) in [6.07, 6.45) is 4.00. The molecule has 0 atom stereocenters. The molecule has 0 aliphatic carbocycles. The monoisotopic (exact) mass is 407 g/mol. The summed E-state index contributed by atoms with van der Waals surface area (Å²) in [6, 6.07) is 15.0. The van der Waals surface area contributed by atoms with Crippen molar-refractivity contribution in [3.63, 3.8) is 0 Å². The van der Waals surface area contributed by atoms with E-state index in [0.717, 1.165) is 16.7 Å². The average Bonchev–Trinajstić information content (AvgIpc) is 3.23. The van der Waals surface area contributed by atoms with E-state index in [1.165, 1.54) is 0 Å². The Labute approximate surface area is 175 Å². The molecule has 0 bridgehead atoms. The number of nitrogens with zero attached hydrogens (tertiary/aromatic N) is 2. The zero-order valence-electron chi connectivity index (χ0n) is 16.9. The van der Waals surface area contributed by atoms with Gasteiger partial charge in [-0.05, 0) is 48.2 Å². The predicted octanol–water partition coefficient (Wildman–Crippen LogP) is 3.07. The molecule has 7 heteroatoms. The molecule has 3 aromatic rings. The second-order valence-corrected chi connectivity index (χ2v) is 6.96. The number of carbonyl (C=O) groups excluding carboxylic acids is 1. The van der Waals surface area contributed by atoms with E-state index < -0.39 is 5.97 Å². The van der Waals surface area contributed by atoms with E-state index in [1.807, 2.05) is 55.6 Å². The second-order valence-electron chi connectivity index (χ2n) is 6.96. The lowest BCUT2D eigenvalue weighted by atomic mass is 10.1. The Balaban J connectivity index is 1.62. The van der Waals surface area contributed by atoms with E-state index in [4.69, 9.17) is 9.84 Å². The van der Waals surface area contributed by atoms with Crippen molar-refractivity contribution in [3.05, 3.63) is 83.2 Å². The van der Waals surface area contributed by atoms with E-state index in [9.17, 15) is 9.59 Å². The van der Waals surface area contributed by atoms with Gasteiger partial charge < -0.3 is 15.2 Å². The summed E-state index contributed by atoms with van der Waals surface area (Å²) in [5.41, 5.74) is 3.38. The lowest BCUT2D eigenvalue weighted by Gasteiger charge is -2.14. The molecule has 1 heterocycles. The number of amides is 1. The van der Waals surface area contributed by atoms with Crippen LogP contribution in [0.25, 0.3) is 0 Å². The van der Waals surface area contributed by atoms with E-state index in [-0.39, 0.29) is 18.9 Å². The molecular formula is C23H25N3O4. The smallest absolute Gasteiger partial charge is 0.303 e. The maximum Gasteiger partial charge on any atom is 0.303 e. The van der Waals surface area contributed by atoms with Crippen molar-refractivity contribution >= 4 is 11.9 Å². The van der Waals surface area contributed by atoms with Crippen LogP contribution in [0.3, 0.4) is 0 Å². The molecule has 0 fully saturated rings. The van der Waals surface area contributed by atoms with Crippen molar-refractivity contribution < 1.29 is 19.4 Å². The van der Waals surface area contributed by atoms with E-state index >= 15 is 0 Å². The van der Waals surface area contributed by atoms with Gasteiger partial charge in [0.1, 0.15) is 12.4 Å². The minimum atomic E-state index is -0.855.